The average molecular weight is 355 g/mol. The number of likely N-dealkylation sites (tertiary alicyclic amines) is 1. The molecule has 0 saturated carbocycles. The minimum Gasteiger partial charge on any atom is -0.440 e. The van der Waals surface area contributed by atoms with Gasteiger partial charge >= 0.3 is 12.3 Å². The van der Waals surface area contributed by atoms with E-state index in [1.54, 1.807) is 24.3 Å². The number of rotatable bonds is 3. The molecule has 0 aromatic heterocycles. The van der Waals surface area contributed by atoms with Gasteiger partial charge in [0, 0.05) is 24.7 Å². The fraction of sp³-hybridized carbons (Fsp3) is 0.438. The van der Waals surface area contributed by atoms with E-state index in [0.29, 0.717) is 24.1 Å². The second-order valence-corrected chi connectivity index (χ2v) is 5.61. The molecule has 0 atom stereocenters. The third kappa shape index (κ3) is 5.67. The Morgan fingerprint density at radius 3 is 2.60 bits per heavy atom. The Balaban J connectivity index is 1.82. The summed E-state index contributed by atoms with van der Waals surface area (Å²) in [5.74, 6) is -0.615. The third-order valence-electron chi connectivity index (χ3n) is 3.74. The number of carbonyl (C=O) groups excluding carboxylic acids is 2. The van der Waals surface area contributed by atoms with Crippen LogP contribution in [0.3, 0.4) is 0 Å². The van der Waals surface area contributed by atoms with E-state index in [4.69, 9.17) is 5.26 Å². The molecule has 1 N–H and O–H groups in total. The van der Waals surface area contributed by atoms with E-state index in [0.717, 1.165) is 4.90 Å². The lowest BCUT2D eigenvalue weighted by molar-refractivity contribution is -0.162. The Kier molecular flexibility index (Phi) is 5.85. The van der Waals surface area contributed by atoms with E-state index in [1.165, 1.54) is 0 Å². The molecule has 2 amide bonds. The molecule has 0 unspecified atom stereocenters. The number of nitrogens with one attached hydrogen (secondary N) is 1. The van der Waals surface area contributed by atoms with Gasteiger partial charge in [-0.25, -0.2) is 4.79 Å². The topological polar surface area (TPSA) is 82.4 Å². The first kappa shape index (κ1) is 18.6. The number of hydrogen-bond donors (Lipinski definition) is 1. The third-order valence-corrected chi connectivity index (χ3v) is 3.74. The molecule has 1 heterocycles. The fourth-order valence-corrected chi connectivity index (χ4v) is 2.47. The zero-order valence-corrected chi connectivity index (χ0v) is 13.2. The van der Waals surface area contributed by atoms with E-state index in [9.17, 15) is 22.8 Å². The van der Waals surface area contributed by atoms with Crippen LogP contribution in [0.4, 0.5) is 23.7 Å². The Morgan fingerprint density at radius 2 is 2.00 bits per heavy atom. The highest BCUT2D eigenvalue weighted by atomic mass is 19.4. The number of nitriles is 1. The van der Waals surface area contributed by atoms with Gasteiger partial charge in [-0.15, -0.1) is 0 Å². The van der Waals surface area contributed by atoms with Crippen LogP contribution in [0.25, 0.3) is 0 Å². The minimum atomic E-state index is -4.56. The van der Waals surface area contributed by atoms with Crippen LogP contribution in [0.1, 0.15) is 18.4 Å². The maximum Gasteiger partial charge on any atom is 0.422 e. The number of amides is 2. The Morgan fingerprint density at radius 1 is 1.32 bits per heavy atom. The van der Waals surface area contributed by atoms with Crippen LogP contribution in [0.2, 0.25) is 0 Å². The number of halogens is 3. The van der Waals surface area contributed by atoms with Crippen LogP contribution >= 0.6 is 0 Å². The van der Waals surface area contributed by atoms with Crippen LogP contribution in [-0.4, -0.2) is 42.8 Å². The van der Waals surface area contributed by atoms with Crippen molar-refractivity contribution in [3.63, 3.8) is 0 Å². The predicted octanol–water partition coefficient (Wildman–Crippen LogP) is 2.91. The van der Waals surface area contributed by atoms with Gasteiger partial charge in [-0.2, -0.15) is 18.4 Å². The lowest BCUT2D eigenvalue weighted by Crippen LogP contribution is -2.42. The number of hydrogen-bond acceptors (Lipinski definition) is 4. The quantitative estimate of drug-likeness (QED) is 0.904. The normalized spacial score (nSPS) is 15.4. The van der Waals surface area contributed by atoms with E-state index >= 15 is 0 Å². The van der Waals surface area contributed by atoms with Crippen molar-refractivity contribution >= 4 is 17.7 Å². The summed E-state index contributed by atoms with van der Waals surface area (Å²) in [6, 6.07) is 8.43. The molecule has 0 radical (unpaired) electrons. The van der Waals surface area contributed by atoms with Crippen molar-refractivity contribution in [2.75, 3.05) is 25.0 Å². The first-order chi connectivity index (χ1) is 11.8. The van der Waals surface area contributed by atoms with Gasteiger partial charge < -0.3 is 15.0 Å². The number of alkyl halides is 3. The van der Waals surface area contributed by atoms with Gasteiger partial charge in [0.15, 0.2) is 6.61 Å². The van der Waals surface area contributed by atoms with Crippen molar-refractivity contribution in [3.05, 3.63) is 29.8 Å². The number of anilines is 1. The summed E-state index contributed by atoms with van der Waals surface area (Å²) >= 11 is 0. The molecule has 9 heteroatoms. The van der Waals surface area contributed by atoms with Crippen molar-refractivity contribution in [3.8, 4) is 6.07 Å². The lowest BCUT2D eigenvalue weighted by Gasteiger charge is -2.30. The van der Waals surface area contributed by atoms with Crippen LogP contribution in [0, 0.1) is 17.2 Å². The second kappa shape index (κ2) is 7.88. The zero-order chi connectivity index (χ0) is 18.4. The molecular weight excluding hydrogens is 339 g/mol. The van der Waals surface area contributed by atoms with Gasteiger partial charge in [0.05, 0.1) is 11.6 Å². The highest BCUT2D eigenvalue weighted by Crippen LogP contribution is 2.21. The lowest BCUT2D eigenvalue weighted by atomic mass is 9.96. The van der Waals surface area contributed by atoms with Crippen molar-refractivity contribution in [1.82, 2.24) is 4.90 Å². The highest BCUT2D eigenvalue weighted by molar-refractivity contribution is 5.92. The first-order valence-corrected chi connectivity index (χ1v) is 7.58. The fourth-order valence-electron chi connectivity index (χ4n) is 2.47. The number of ether oxygens (including phenoxy) is 1. The van der Waals surface area contributed by atoms with Gasteiger partial charge in [0.25, 0.3) is 0 Å². The molecule has 1 saturated heterocycles. The SMILES string of the molecule is N#Cc1cccc(NC(=O)C2CCN(C(=O)OCC(F)(F)F)CC2)c1. The summed E-state index contributed by atoms with van der Waals surface area (Å²) in [4.78, 5) is 24.9. The predicted molar refractivity (Wildman–Crippen MR) is 81.5 cm³/mol. The molecule has 1 aromatic rings. The minimum absolute atomic E-state index is 0.146. The van der Waals surface area contributed by atoms with E-state index in [1.807, 2.05) is 6.07 Å². The van der Waals surface area contributed by atoms with Gasteiger partial charge in [-0.3, -0.25) is 4.79 Å². The Hall–Kier alpha value is -2.76. The molecule has 1 aliphatic heterocycles. The summed E-state index contributed by atoms with van der Waals surface area (Å²) in [5.41, 5.74) is 0.913. The van der Waals surface area contributed by atoms with E-state index in [-0.39, 0.29) is 24.9 Å². The molecule has 1 fully saturated rings. The molecule has 6 nitrogen and oxygen atoms in total. The molecular formula is C16H16F3N3O3. The van der Waals surface area contributed by atoms with E-state index < -0.39 is 18.9 Å². The number of benzene rings is 1. The monoisotopic (exact) mass is 355 g/mol. The first-order valence-electron chi connectivity index (χ1n) is 7.58. The highest BCUT2D eigenvalue weighted by Gasteiger charge is 2.32. The maximum absolute atomic E-state index is 12.2. The van der Waals surface area contributed by atoms with Crippen molar-refractivity contribution in [1.29, 1.82) is 5.26 Å². The van der Waals surface area contributed by atoms with Gasteiger partial charge in [0.2, 0.25) is 5.91 Å². The average Bonchev–Trinajstić information content (AvgIpc) is 2.59. The van der Waals surface area contributed by atoms with Crippen molar-refractivity contribution in [2.24, 2.45) is 5.92 Å². The maximum atomic E-state index is 12.2. The summed E-state index contributed by atoms with van der Waals surface area (Å²) in [6.45, 7) is -1.33. The standard InChI is InChI=1S/C16H16F3N3O3/c17-16(18,19)10-25-15(24)22-6-4-12(5-7-22)14(23)21-13-3-1-2-11(8-13)9-20/h1-3,8,12H,4-7,10H2,(H,21,23). The Bertz CT molecular complexity index is 677. The van der Waals surface area contributed by atoms with Gasteiger partial charge in [-0.05, 0) is 31.0 Å². The summed E-state index contributed by atoms with van der Waals surface area (Å²) in [6.07, 6.45) is -4.94. The second-order valence-electron chi connectivity index (χ2n) is 5.61. The van der Waals surface area contributed by atoms with E-state index in [2.05, 4.69) is 10.1 Å². The van der Waals surface area contributed by atoms with Gasteiger partial charge in [0.1, 0.15) is 0 Å². The molecule has 0 bridgehead atoms. The zero-order valence-electron chi connectivity index (χ0n) is 13.2. The summed E-state index contributed by atoms with van der Waals surface area (Å²) in [5, 5.41) is 11.5. The van der Waals surface area contributed by atoms with Gasteiger partial charge in [-0.1, -0.05) is 6.07 Å². The number of carbonyl (C=O) groups is 2. The van der Waals surface area contributed by atoms with Crippen LogP contribution < -0.4 is 5.32 Å². The smallest absolute Gasteiger partial charge is 0.422 e. The van der Waals surface area contributed by atoms with Crippen LogP contribution in [-0.2, 0) is 9.53 Å². The molecule has 0 spiro atoms. The van der Waals surface area contributed by atoms with Crippen LogP contribution in [0.5, 0.6) is 0 Å². The molecule has 2 rings (SSSR count). The summed E-state index contributed by atoms with van der Waals surface area (Å²) < 4.78 is 40.3. The molecule has 0 aliphatic carbocycles. The molecule has 1 aliphatic rings. The Labute approximate surface area is 142 Å². The largest absolute Gasteiger partial charge is 0.440 e. The van der Waals surface area contributed by atoms with Crippen molar-refractivity contribution < 1.29 is 27.5 Å². The summed E-state index contributed by atoms with van der Waals surface area (Å²) in [7, 11) is 0. The molecule has 134 valence electrons. The number of piperidine rings is 1. The van der Waals surface area contributed by atoms with Crippen molar-refractivity contribution in [2.45, 2.75) is 19.0 Å². The molecule has 1 aromatic carbocycles. The molecule has 25 heavy (non-hydrogen) atoms. The number of nitrogens with zero attached hydrogens (tertiary/aromatic N) is 2. The van der Waals surface area contributed by atoms with Crippen LogP contribution in [0.15, 0.2) is 24.3 Å².